The Labute approximate surface area is 101 Å². The predicted molar refractivity (Wildman–Crippen MR) is 68.3 cm³/mol. The summed E-state index contributed by atoms with van der Waals surface area (Å²) in [6.45, 7) is 5.60. The Morgan fingerprint density at radius 3 is 2.82 bits per heavy atom. The van der Waals surface area contributed by atoms with E-state index in [1.165, 1.54) is 6.92 Å². The maximum atomic E-state index is 11.4. The van der Waals surface area contributed by atoms with Crippen LogP contribution in [0.1, 0.15) is 23.7 Å². The second kappa shape index (κ2) is 6.48. The zero-order valence-corrected chi connectivity index (χ0v) is 9.82. The molecule has 0 heterocycles. The van der Waals surface area contributed by atoms with E-state index in [2.05, 4.69) is 17.2 Å². The van der Waals surface area contributed by atoms with Gasteiger partial charge in [-0.3, -0.25) is 4.79 Å². The van der Waals surface area contributed by atoms with Gasteiger partial charge in [0.15, 0.2) is 5.78 Å². The first-order valence-electron chi connectivity index (χ1n) is 5.40. The molecule has 0 atom stereocenters. The van der Waals surface area contributed by atoms with Crippen LogP contribution in [-0.2, 0) is 0 Å². The van der Waals surface area contributed by atoms with E-state index in [-0.39, 0.29) is 11.8 Å². The minimum atomic E-state index is -0.285. The molecule has 0 aromatic heterocycles. The van der Waals surface area contributed by atoms with Gasteiger partial charge in [-0.05, 0) is 25.5 Å². The van der Waals surface area contributed by atoms with Crippen molar-refractivity contribution in [3.63, 3.8) is 0 Å². The summed E-state index contributed by atoms with van der Waals surface area (Å²) >= 11 is 0. The minimum Gasteiger partial charge on any atom is -0.338 e. The number of carbonyl (C=O) groups is 2. The fraction of sp³-hybridized carbons (Fsp3) is 0.231. The number of ketones is 1. The van der Waals surface area contributed by atoms with E-state index in [1.807, 2.05) is 0 Å². The lowest BCUT2D eigenvalue weighted by Crippen LogP contribution is -2.29. The number of benzene rings is 1. The highest BCUT2D eigenvalue weighted by atomic mass is 16.2. The molecule has 2 amide bonds. The van der Waals surface area contributed by atoms with Gasteiger partial charge in [-0.2, -0.15) is 0 Å². The van der Waals surface area contributed by atoms with E-state index in [9.17, 15) is 9.59 Å². The zero-order chi connectivity index (χ0) is 12.7. The molecule has 1 rings (SSSR count). The average molecular weight is 232 g/mol. The van der Waals surface area contributed by atoms with Crippen molar-refractivity contribution in [1.29, 1.82) is 0 Å². The number of anilines is 1. The number of hydrogen-bond acceptors (Lipinski definition) is 2. The Bertz CT molecular complexity index is 427. The second-order valence-corrected chi connectivity index (χ2v) is 3.60. The molecule has 4 nitrogen and oxygen atoms in total. The maximum Gasteiger partial charge on any atom is 0.319 e. The normalized spacial score (nSPS) is 9.47. The molecule has 2 N–H and O–H groups in total. The number of nitrogens with one attached hydrogen (secondary N) is 2. The van der Waals surface area contributed by atoms with Crippen LogP contribution in [0, 0.1) is 0 Å². The lowest BCUT2D eigenvalue weighted by Gasteiger charge is -2.07. The Morgan fingerprint density at radius 1 is 1.41 bits per heavy atom. The van der Waals surface area contributed by atoms with Crippen LogP contribution >= 0.6 is 0 Å². The van der Waals surface area contributed by atoms with E-state index in [0.717, 1.165) is 6.42 Å². The highest BCUT2D eigenvalue weighted by Gasteiger charge is 2.03. The molecule has 0 aliphatic heterocycles. The van der Waals surface area contributed by atoms with Gasteiger partial charge < -0.3 is 10.6 Å². The molecule has 0 fully saturated rings. The van der Waals surface area contributed by atoms with E-state index in [0.29, 0.717) is 17.8 Å². The number of rotatable bonds is 5. The summed E-state index contributed by atoms with van der Waals surface area (Å²) in [7, 11) is 0. The van der Waals surface area contributed by atoms with Crippen molar-refractivity contribution >= 4 is 17.5 Å². The Morgan fingerprint density at radius 2 is 2.18 bits per heavy atom. The molecular weight excluding hydrogens is 216 g/mol. The SMILES string of the molecule is C=CCCNC(=O)Nc1cccc(C(C)=O)c1. The van der Waals surface area contributed by atoms with Crippen LogP contribution in [0.25, 0.3) is 0 Å². The number of amides is 2. The molecule has 0 unspecified atom stereocenters. The molecule has 1 aromatic carbocycles. The molecular formula is C13H16N2O2. The molecule has 0 saturated heterocycles. The molecule has 17 heavy (non-hydrogen) atoms. The van der Waals surface area contributed by atoms with Crippen LogP contribution in [-0.4, -0.2) is 18.4 Å². The number of hydrogen-bond donors (Lipinski definition) is 2. The van der Waals surface area contributed by atoms with Crippen LogP contribution in [0.5, 0.6) is 0 Å². The van der Waals surface area contributed by atoms with E-state index in [4.69, 9.17) is 0 Å². The second-order valence-electron chi connectivity index (χ2n) is 3.60. The lowest BCUT2D eigenvalue weighted by atomic mass is 10.1. The van der Waals surface area contributed by atoms with E-state index >= 15 is 0 Å². The van der Waals surface area contributed by atoms with Crippen molar-refractivity contribution in [2.24, 2.45) is 0 Å². The lowest BCUT2D eigenvalue weighted by molar-refractivity contribution is 0.101. The third kappa shape index (κ3) is 4.51. The van der Waals surface area contributed by atoms with Gasteiger partial charge in [0, 0.05) is 17.8 Å². The Hall–Kier alpha value is -2.10. The van der Waals surface area contributed by atoms with Crippen molar-refractivity contribution in [1.82, 2.24) is 5.32 Å². The Kier molecular flexibility index (Phi) is 4.94. The van der Waals surface area contributed by atoms with Crippen molar-refractivity contribution in [3.8, 4) is 0 Å². The fourth-order valence-electron chi connectivity index (χ4n) is 1.28. The molecule has 0 aliphatic carbocycles. The van der Waals surface area contributed by atoms with Crippen LogP contribution in [0.15, 0.2) is 36.9 Å². The smallest absolute Gasteiger partial charge is 0.319 e. The van der Waals surface area contributed by atoms with Crippen molar-refractivity contribution in [2.45, 2.75) is 13.3 Å². The predicted octanol–water partition coefficient (Wildman–Crippen LogP) is 2.59. The molecule has 0 spiro atoms. The summed E-state index contributed by atoms with van der Waals surface area (Å²) in [6, 6.07) is 6.54. The van der Waals surface area contributed by atoms with Crippen LogP contribution < -0.4 is 10.6 Å². The van der Waals surface area contributed by atoms with E-state index in [1.54, 1.807) is 30.3 Å². The standard InChI is InChI=1S/C13H16N2O2/c1-3-4-8-14-13(17)15-12-7-5-6-11(9-12)10(2)16/h3,5-7,9H,1,4,8H2,2H3,(H2,14,15,17). The van der Waals surface area contributed by atoms with Gasteiger partial charge in [-0.15, -0.1) is 6.58 Å². The zero-order valence-electron chi connectivity index (χ0n) is 9.82. The average Bonchev–Trinajstić information content (AvgIpc) is 2.29. The summed E-state index contributed by atoms with van der Waals surface area (Å²) in [4.78, 5) is 22.6. The van der Waals surface area contributed by atoms with Gasteiger partial charge >= 0.3 is 6.03 Å². The van der Waals surface area contributed by atoms with Gasteiger partial charge in [-0.25, -0.2) is 4.79 Å². The number of carbonyl (C=O) groups excluding carboxylic acids is 2. The minimum absolute atomic E-state index is 0.0271. The van der Waals surface area contributed by atoms with Crippen molar-refractivity contribution in [3.05, 3.63) is 42.5 Å². The molecule has 0 radical (unpaired) electrons. The van der Waals surface area contributed by atoms with Gasteiger partial charge in [0.25, 0.3) is 0 Å². The summed E-state index contributed by atoms with van der Waals surface area (Å²) in [5, 5.41) is 5.33. The first-order chi connectivity index (χ1) is 8.13. The topological polar surface area (TPSA) is 58.2 Å². The molecule has 1 aromatic rings. The summed E-state index contributed by atoms with van der Waals surface area (Å²) in [5.74, 6) is -0.0271. The number of Topliss-reactive ketones (excluding diaryl/α,β-unsaturated/α-hetero) is 1. The summed E-state index contributed by atoms with van der Waals surface area (Å²) in [5.41, 5.74) is 1.18. The molecule has 90 valence electrons. The summed E-state index contributed by atoms with van der Waals surface area (Å²) in [6.07, 6.45) is 2.46. The first kappa shape index (κ1) is 13.0. The molecule has 0 bridgehead atoms. The molecule has 0 saturated carbocycles. The van der Waals surface area contributed by atoms with E-state index < -0.39 is 0 Å². The maximum absolute atomic E-state index is 11.4. The molecule has 0 aliphatic rings. The van der Waals surface area contributed by atoms with Crippen LogP contribution in [0.4, 0.5) is 10.5 Å². The number of urea groups is 1. The van der Waals surface area contributed by atoms with Gasteiger partial charge in [0.2, 0.25) is 0 Å². The van der Waals surface area contributed by atoms with Crippen molar-refractivity contribution < 1.29 is 9.59 Å². The van der Waals surface area contributed by atoms with Gasteiger partial charge in [0.1, 0.15) is 0 Å². The van der Waals surface area contributed by atoms with Crippen LogP contribution in [0.3, 0.4) is 0 Å². The Balaban J connectivity index is 2.56. The quantitative estimate of drug-likeness (QED) is 0.465. The first-order valence-corrected chi connectivity index (χ1v) is 5.40. The molecule has 4 heteroatoms. The summed E-state index contributed by atoms with van der Waals surface area (Å²) < 4.78 is 0. The highest BCUT2D eigenvalue weighted by Crippen LogP contribution is 2.10. The van der Waals surface area contributed by atoms with Gasteiger partial charge in [-0.1, -0.05) is 18.2 Å². The van der Waals surface area contributed by atoms with Gasteiger partial charge in [0.05, 0.1) is 0 Å². The third-order valence-electron chi connectivity index (χ3n) is 2.16. The monoisotopic (exact) mass is 232 g/mol. The largest absolute Gasteiger partial charge is 0.338 e. The highest BCUT2D eigenvalue weighted by molar-refractivity contribution is 5.96. The van der Waals surface area contributed by atoms with Crippen LogP contribution in [0.2, 0.25) is 0 Å². The third-order valence-corrected chi connectivity index (χ3v) is 2.16. The van der Waals surface area contributed by atoms with Crippen molar-refractivity contribution in [2.75, 3.05) is 11.9 Å². The fourth-order valence-corrected chi connectivity index (χ4v) is 1.28.